The molecular weight excluding hydrogens is 265 g/mol. The Morgan fingerprint density at radius 2 is 1.43 bits per heavy atom. The molecule has 0 unspecified atom stereocenters. The molecule has 6 heteroatoms. The number of halogens is 1. The van der Waals surface area contributed by atoms with Crippen LogP contribution in [0.5, 0.6) is 0 Å². The van der Waals surface area contributed by atoms with Crippen LogP contribution < -0.4 is 0 Å². The minimum atomic E-state index is -1.83. The Labute approximate surface area is 122 Å². The van der Waals surface area contributed by atoms with E-state index in [0.717, 1.165) is 42.7 Å². The zero-order valence-corrected chi connectivity index (χ0v) is 8.46. The molecule has 0 aromatic carbocycles. The minimum absolute atomic E-state index is 0. The van der Waals surface area contributed by atoms with Crippen molar-refractivity contribution in [2.75, 3.05) is 0 Å². The molecule has 0 aliphatic rings. The van der Waals surface area contributed by atoms with E-state index in [1.165, 1.54) is 0 Å². The first kappa shape index (κ1) is 16.7. The molecule has 0 fully saturated rings. The fourth-order valence-corrected chi connectivity index (χ4v) is 0. The molecule has 0 aromatic rings. The van der Waals surface area contributed by atoms with E-state index in [2.05, 4.69) is 11.3 Å². The van der Waals surface area contributed by atoms with Gasteiger partial charge in [0.2, 0.25) is 0 Å². The molecule has 7 heavy (non-hydrogen) atoms. The summed E-state index contributed by atoms with van der Waals surface area (Å²) in [5.41, 5.74) is 0. The average Bonchev–Trinajstić information content (AvgIpc) is 1.41. The standard InChI is InChI=1S/CH2O3.HI.2K.H/c2-1(3)4;;;;/h(H2,2,3,4);1H;;;/q;;;+1;/p-1. The van der Waals surface area contributed by atoms with Gasteiger partial charge in [-0.1, -0.05) is 0 Å². The van der Waals surface area contributed by atoms with Crippen LogP contribution >= 0.6 is 11.3 Å². The summed E-state index contributed by atoms with van der Waals surface area (Å²) in [5.74, 6) is 0. The Hall–Kier alpha value is 3.27. The van der Waals surface area contributed by atoms with Crippen molar-refractivity contribution in [2.45, 2.75) is 0 Å². The summed E-state index contributed by atoms with van der Waals surface area (Å²) in [6.07, 6.45) is -1.83. The van der Waals surface area contributed by atoms with Crippen molar-refractivity contribution in [3.05, 3.63) is 0 Å². The van der Waals surface area contributed by atoms with Gasteiger partial charge in [0.25, 0.3) is 0 Å². The third kappa shape index (κ3) is 45.8. The van der Waals surface area contributed by atoms with Crippen LogP contribution in [0.1, 0.15) is 0 Å². The van der Waals surface area contributed by atoms with Crippen molar-refractivity contribution in [3.63, 3.8) is 0 Å². The summed E-state index contributed by atoms with van der Waals surface area (Å²) < 4.78 is 0. The molecule has 0 aromatic heterocycles. The zero-order valence-electron chi connectivity index (χ0n) is 3.18. The van der Waals surface area contributed by atoms with Crippen molar-refractivity contribution in [1.82, 2.24) is 0 Å². The summed E-state index contributed by atoms with van der Waals surface area (Å²) in [6.45, 7) is 0. The van der Waals surface area contributed by atoms with Gasteiger partial charge in [-0.3, -0.25) is 0 Å². The van der Waals surface area contributed by atoms with Gasteiger partial charge >= 0.3 is 112 Å². The summed E-state index contributed by atoms with van der Waals surface area (Å²) in [7, 11) is 0. The molecule has 0 atom stereocenters. The fraction of sp³-hybridized carbons (Fsp3) is 0. The fourth-order valence-electron chi connectivity index (χ4n) is 0. The molecule has 0 radical (unpaired) electrons. The van der Waals surface area contributed by atoms with Crippen LogP contribution in [-0.4, -0.2) is 110 Å². The van der Waals surface area contributed by atoms with E-state index in [1.807, 2.05) is 0 Å². The van der Waals surface area contributed by atoms with E-state index in [-0.39, 0.29) is 51.4 Å². The Balaban J connectivity index is -0.0000000480. The second kappa shape index (κ2) is 16.1. The number of carbonyl (C=O) groups is 1. The third-order valence-corrected chi connectivity index (χ3v) is 0. The van der Waals surface area contributed by atoms with E-state index in [4.69, 9.17) is 15.0 Å². The van der Waals surface area contributed by atoms with E-state index in [1.54, 1.807) is 0 Å². The maximum absolute atomic E-state index is 8.56. The maximum atomic E-state index is 8.56. The molecule has 2 N–H and O–H groups in total. The van der Waals surface area contributed by atoms with Crippen LogP contribution in [0.3, 0.4) is 0 Å². The molecular formula is CH3IK2O3. The molecule has 0 spiro atoms. The Bertz CT molecular complexity index is 35.9. The van der Waals surface area contributed by atoms with Crippen LogP contribution in [0.4, 0.5) is 4.79 Å². The van der Waals surface area contributed by atoms with Gasteiger partial charge in [0.15, 0.2) is 0 Å². The molecule has 0 rings (SSSR count). The first-order valence-electron chi connectivity index (χ1n) is 1.03. The topological polar surface area (TPSA) is 57.5 Å². The second-order valence-electron chi connectivity index (χ2n) is 0.283. The van der Waals surface area contributed by atoms with Crippen LogP contribution in [0.2, 0.25) is 0 Å². The first-order chi connectivity index (χ1) is 2.73. The van der Waals surface area contributed by atoms with Gasteiger partial charge in [0, 0.05) is 0 Å². The van der Waals surface area contributed by atoms with Crippen LogP contribution in [0.25, 0.3) is 0 Å². The number of hydrogen-bond acceptors (Lipinski definition) is 1. The van der Waals surface area contributed by atoms with E-state index in [0.29, 0.717) is 0 Å². The Morgan fingerprint density at radius 1 is 1.43 bits per heavy atom. The van der Waals surface area contributed by atoms with Crippen LogP contribution in [0.15, 0.2) is 0 Å². The first-order valence-corrected chi connectivity index (χ1v) is 11.1. The van der Waals surface area contributed by atoms with Crippen LogP contribution in [-0.2, 0) is 0 Å². The third-order valence-electron chi connectivity index (χ3n) is 0. The van der Waals surface area contributed by atoms with E-state index >= 15 is 0 Å². The van der Waals surface area contributed by atoms with Crippen molar-refractivity contribution in [2.24, 2.45) is 0 Å². The summed E-state index contributed by atoms with van der Waals surface area (Å²) in [6, 6.07) is 0. The molecule has 0 bridgehead atoms. The monoisotopic (exact) mass is 268 g/mol. The zero-order chi connectivity index (χ0) is 5.58. The van der Waals surface area contributed by atoms with Crippen molar-refractivity contribution in [1.29, 1.82) is 0 Å². The number of carboxylic acid groups (broad SMARTS) is 2. The average molecular weight is 268 g/mol. The molecule has 0 aliphatic carbocycles. The predicted octanol–water partition coefficient (Wildman–Crippen LogP) is 0.0788. The molecule has 3 nitrogen and oxygen atoms in total. The second-order valence-corrected chi connectivity index (χ2v) is 0.283. The molecule has 0 saturated heterocycles. The summed E-state index contributed by atoms with van der Waals surface area (Å²) in [5, 5.41) is 13.9. The van der Waals surface area contributed by atoms with E-state index < -0.39 is 6.16 Å². The van der Waals surface area contributed by atoms with Crippen LogP contribution in [0, 0.1) is 0 Å². The predicted molar refractivity (Wildman–Crippen MR) is 37.6 cm³/mol. The van der Waals surface area contributed by atoms with Gasteiger partial charge in [-0.05, 0) is 0 Å². The normalized spacial score (nSPS) is 4.43. The molecule has 0 amide bonds. The van der Waals surface area contributed by atoms with Gasteiger partial charge in [-0.2, -0.15) is 0 Å². The van der Waals surface area contributed by atoms with Gasteiger partial charge in [-0.15, -0.1) is 0 Å². The van der Waals surface area contributed by atoms with Crippen molar-refractivity contribution in [3.8, 4) is 0 Å². The quantitative estimate of drug-likeness (QED) is 0.483. The summed E-state index contributed by atoms with van der Waals surface area (Å²) >= 11 is 3.37. The van der Waals surface area contributed by atoms with Gasteiger partial charge in [-0.25, -0.2) is 4.79 Å². The Kier molecular flexibility index (Phi) is 38.5. The molecule has 0 saturated carbocycles. The molecule has 34 valence electrons. The molecule has 0 aliphatic heterocycles. The molecule has 0 heterocycles. The number of rotatable bonds is 0. The Morgan fingerprint density at radius 3 is 1.43 bits per heavy atom. The van der Waals surface area contributed by atoms with Crippen molar-refractivity contribution >= 4 is 112 Å². The van der Waals surface area contributed by atoms with Crippen molar-refractivity contribution < 1.29 is 15.0 Å². The van der Waals surface area contributed by atoms with Gasteiger partial charge in [0.05, 0.1) is 0 Å². The SMILES string of the molecule is O=C(O)O.[KH].[K][I]. The van der Waals surface area contributed by atoms with Gasteiger partial charge < -0.3 is 10.2 Å². The van der Waals surface area contributed by atoms with E-state index in [9.17, 15) is 0 Å². The number of hydrogen-bond donors (Lipinski definition) is 2. The summed E-state index contributed by atoms with van der Waals surface area (Å²) in [4.78, 5) is 8.56. The van der Waals surface area contributed by atoms with Gasteiger partial charge in [0.1, 0.15) is 0 Å².